The lowest BCUT2D eigenvalue weighted by molar-refractivity contribution is -0.115. The molecule has 0 aliphatic carbocycles. The normalized spacial score (nSPS) is 16.9. The van der Waals surface area contributed by atoms with Crippen LogP contribution in [0, 0.1) is 0 Å². The summed E-state index contributed by atoms with van der Waals surface area (Å²) >= 11 is 0. The molecule has 5 heteroatoms. The Hall–Kier alpha value is -2.30. The number of ether oxygens (including phenoxy) is 2. The topological polar surface area (TPSA) is 64.6 Å². The molecule has 1 amide bonds. The maximum absolute atomic E-state index is 12.1. The van der Waals surface area contributed by atoms with Crippen LogP contribution in [0.4, 0.5) is 4.79 Å². The molecule has 0 unspecified atom stereocenters. The SMILES string of the molecule is CCOC(=O)OC1=C(c2ccccc2)C(=O)NC1(C)C. The van der Waals surface area contributed by atoms with Crippen molar-refractivity contribution >= 4 is 17.6 Å². The average molecular weight is 275 g/mol. The lowest BCUT2D eigenvalue weighted by atomic mass is 9.99. The van der Waals surface area contributed by atoms with Crippen molar-refractivity contribution in [3.05, 3.63) is 41.7 Å². The quantitative estimate of drug-likeness (QED) is 0.861. The van der Waals surface area contributed by atoms with Gasteiger partial charge in [-0.2, -0.15) is 0 Å². The molecule has 2 rings (SSSR count). The van der Waals surface area contributed by atoms with Crippen LogP contribution in [0.25, 0.3) is 5.57 Å². The number of carbonyl (C=O) groups is 2. The highest BCUT2D eigenvalue weighted by molar-refractivity contribution is 6.23. The summed E-state index contributed by atoms with van der Waals surface area (Å²) in [5, 5.41) is 2.79. The van der Waals surface area contributed by atoms with Crippen LogP contribution in [0.15, 0.2) is 36.1 Å². The first kappa shape index (κ1) is 14.1. The molecule has 0 radical (unpaired) electrons. The van der Waals surface area contributed by atoms with Crippen LogP contribution in [0.5, 0.6) is 0 Å². The second-order valence-electron chi connectivity index (χ2n) is 4.93. The Morgan fingerprint density at radius 1 is 1.25 bits per heavy atom. The predicted molar refractivity (Wildman–Crippen MR) is 73.7 cm³/mol. The molecule has 0 saturated heterocycles. The number of hydrogen-bond donors (Lipinski definition) is 1. The zero-order chi connectivity index (χ0) is 14.8. The molecule has 20 heavy (non-hydrogen) atoms. The number of amides is 1. The predicted octanol–water partition coefficient (Wildman–Crippen LogP) is 2.48. The van der Waals surface area contributed by atoms with Crippen LogP contribution in [0.1, 0.15) is 26.3 Å². The zero-order valence-corrected chi connectivity index (χ0v) is 11.7. The summed E-state index contributed by atoms with van der Waals surface area (Å²) in [7, 11) is 0. The van der Waals surface area contributed by atoms with Crippen LogP contribution in [-0.2, 0) is 14.3 Å². The minimum absolute atomic E-state index is 0.217. The van der Waals surface area contributed by atoms with E-state index in [-0.39, 0.29) is 18.3 Å². The fourth-order valence-electron chi connectivity index (χ4n) is 2.09. The second kappa shape index (κ2) is 5.36. The molecule has 0 spiro atoms. The van der Waals surface area contributed by atoms with E-state index >= 15 is 0 Å². The van der Waals surface area contributed by atoms with Crippen LogP contribution in [0.3, 0.4) is 0 Å². The Labute approximate surface area is 117 Å². The average Bonchev–Trinajstić information content (AvgIpc) is 2.60. The fourth-order valence-corrected chi connectivity index (χ4v) is 2.09. The molecule has 1 aliphatic rings. The maximum Gasteiger partial charge on any atom is 0.513 e. The van der Waals surface area contributed by atoms with E-state index in [1.807, 2.05) is 18.2 Å². The van der Waals surface area contributed by atoms with Gasteiger partial charge in [0.1, 0.15) is 5.76 Å². The van der Waals surface area contributed by atoms with E-state index in [0.29, 0.717) is 11.1 Å². The Morgan fingerprint density at radius 3 is 2.50 bits per heavy atom. The van der Waals surface area contributed by atoms with Crippen molar-refractivity contribution in [1.82, 2.24) is 5.32 Å². The summed E-state index contributed by atoms with van der Waals surface area (Å²) in [5.41, 5.74) is 0.313. The molecule has 1 aliphatic heterocycles. The number of benzene rings is 1. The molecule has 1 heterocycles. The third kappa shape index (κ3) is 2.66. The van der Waals surface area contributed by atoms with Crippen molar-refractivity contribution in [2.75, 3.05) is 6.61 Å². The highest BCUT2D eigenvalue weighted by Gasteiger charge is 2.41. The van der Waals surface area contributed by atoms with Crippen molar-refractivity contribution in [3.8, 4) is 0 Å². The first-order valence-electron chi connectivity index (χ1n) is 6.43. The molecule has 1 aromatic rings. The van der Waals surface area contributed by atoms with Gasteiger partial charge >= 0.3 is 6.16 Å². The van der Waals surface area contributed by atoms with Gasteiger partial charge in [-0.15, -0.1) is 0 Å². The molecule has 1 N–H and O–H groups in total. The van der Waals surface area contributed by atoms with E-state index in [0.717, 1.165) is 0 Å². The summed E-state index contributed by atoms with van der Waals surface area (Å²) in [6, 6.07) is 9.09. The third-order valence-corrected chi connectivity index (χ3v) is 2.96. The van der Waals surface area contributed by atoms with Gasteiger partial charge in [-0.3, -0.25) is 4.79 Å². The van der Waals surface area contributed by atoms with Crippen molar-refractivity contribution in [2.24, 2.45) is 0 Å². The summed E-state index contributed by atoms with van der Waals surface area (Å²) in [4.78, 5) is 23.7. The van der Waals surface area contributed by atoms with E-state index in [4.69, 9.17) is 9.47 Å². The van der Waals surface area contributed by atoms with Crippen LogP contribution in [0.2, 0.25) is 0 Å². The van der Waals surface area contributed by atoms with Crippen molar-refractivity contribution in [3.63, 3.8) is 0 Å². The van der Waals surface area contributed by atoms with Crippen molar-refractivity contribution < 1.29 is 19.1 Å². The molecule has 0 aromatic heterocycles. The van der Waals surface area contributed by atoms with Gasteiger partial charge < -0.3 is 14.8 Å². The van der Waals surface area contributed by atoms with Gasteiger partial charge in [-0.25, -0.2) is 4.79 Å². The van der Waals surface area contributed by atoms with E-state index in [2.05, 4.69) is 5.32 Å². The van der Waals surface area contributed by atoms with Gasteiger partial charge in [0.05, 0.1) is 17.7 Å². The number of hydrogen-bond acceptors (Lipinski definition) is 4. The third-order valence-electron chi connectivity index (χ3n) is 2.96. The Bertz CT molecular complexity index is 560. The Kier molecular flexibility index (Phi) is 3.79. The zero-order valence-electron chi connectivity index (χ0n) is 11.7. The minimum atomic E-state index is -0.805. The molecular formula is C15H17NO4. The fraction of sp³-hybridized carbons (Fsp3) is 0.333. The highest BCUT2D eigenvalue weighted by Crippen LogP contribution is 2.34. The highest BCUT2D eigenvalue weighted by atomic mass is 16.7. The molecular weight excluding hydrogens is 258 g/mol. The Morgan fingerprint density at radius 2 is 1.90 bits per heavy atom. The first-order valence-corrected chi connectivity index (χ1v) is 6.43. The van der Waals surface area contributed by atoms with Gasteiger partial charge in [0.15, 0.2) is 0 Å². The maximum atomic E-state index is 12.1. The van der Waals surface area contributed by atoms with Gasteiger partial charge in [0, 0.05) is 0 Å². The van der Waals surface area contributed by atoms with E-state index in [1.54, 1.807) is 32.9 Å². The van der Waals surface area contributed by atoms with Crippen LogP contribution < -0.4 is 5.32 Å². The molecule has 106 valence electrons. The molecule has 0 saturated carbocycles. The van der Waals surface area contributed by atoms with Gasteiger partial charge in [0.25, 0.3) is 5.91 Å². The summed E-state index contributed by atoms with van der Waals surface area (Å²) in [6.07, 6.45) is -0.805. The number of carbonyl (C=O) groups excluding carboxylic acids is 2. The van der Waals surface area contributed by atoms with E-state index < -0.39 is 11.7 Å². The van der Waals surface area contributed by atoms with Crippen LogP contribution in [-0.4, -0.2) is 24.2 Å². The summed E-state index contributed by atoms with van der Waals surface area (Å²) in [5.74, 6) is 0.0210. The monoisotopic (exact) mass is 275 g/mol. The minimum Gasteiger partial charge on any atom is -0.434 e. The number of nitrogens with one attached hydrogen (secondary N) is 1. The summed E-state index contributed by atoms with van der Waals surface area (Å²) in [6.45, 7) is 5.45. The largest absolute Gasteiger partial charge is 0.513 e. The van der Waals surface area contributed by atoms with Crippen molar-refractivity contribution in [1.29, 1.82) is 0 Å². The Balaban J connectivity index is 2.44. The lowest BCUT2D eigenvalue weighted by Crippen LogP contribution is -2.39. The molecule has 1 aromatic carbocycles. The van der Waals surface area contributed by atoms with Crippen LogP contribution >= 0.6 is 0 Å². The molecule has 0 fully saturated rings. The standard InChI is InChI=1S/C15H17NO4/c1-4-19-14(18)20-12-11(10-8-6-5-7-9-10)13(17)16-15(12,2)3/h5-9H,4H2,1-3H3,(H,16,17). The van der Waals surface area contributed by atoms with E-state index in [9.17, 15) is 9.59 Å². The first-order chi connectivity index (χ1) is 9.45. The summed E-state index contributed by atoms with van der Waals surface area (Å²) < 4.78 is 10.0. The van der Waals surface area contributed by atoms with Gasteiger partial charge in [0.2, 0.25) is 0 Å². The van der Waals surface area contributed by atoms with Crippen molar-refractivity contribution in [2.45, 2.75) is 26.3 Å². The molecule has 0 bridgehead atoms. The smallest absolute Gasteiger partial charge is 0.434 e. The van der Waals surface area contributed by atoms with Gasteiger partial charge in [-0.05, 0) is 26.3 Å². The molecule has 0 atom stereocenters. The number of rotatable bonds is 3. The second-order valence-corrected chi connectivity index (χ2v) is 4.93. The van der Waals surface area contributed by atoms with Gasteiger partial charge in [-0.1, -0.05) is 30.3 Å². The molecule has 5 nitrogen and oxygen atoms in total. The lowest BCUT2D eigenvalue weighted by Gasteiger charge is -2.21. The van der Waals surface area contributed by atoms with E-state index in [1.165, 1.54) is 0 Å².